The minimum Gasteiger partial charge on any atom is -0.261 e. The largest absolute Gasteiger partial charge is 0.282 e. The Morgan fingerprint density at radius 1 is 1.11 bits per heavy atom. The maximum atomic E-state index is 11.3. The zero-order chi connectivity index (χ0) is 13.3. The lowest BCUT2D eigenvalue weighted by atomic mass is 9.49. The highest BCUT2D eigenvalue weighted by atomic mass is 32.2. The fraction of sp³-hybridized carbons (Fsp3) is 0.833. The van der Waals surface area contributed by atoms with Crippen molar-refractivity contribution in [2.45, 2.75) is 49.1 Å². The van der Waals surface area contributed by atoms with Crippen LogP contribution in [0, 0.1) is 17.8 Å². The van der Waals surface area contributed by atoms with E-state index >= 15 is 0 Å². The number of aromatic amines is 1. The molecule has 4 aliphatic rings. The van der Waals surface area contributed by atoms with E-state index in [-0.39, 0.29) is 10.6 Å². The average Bonchev–Trinajstić information content (AvgIpc) is 2.75. The summed E-state index contributed by atoms with van der Waals surface area (Å²) < 4.78 is 22.6. The van der Waals surface area contributed by atoms with Gasteiger partial charge in [-0.3, -0.25) is 5.10 Å². The van der Waals surface area contributed by atoms with Gasteiger partial charge in [0.25, 0.3) is 15.2 Å². The van der Waals surface area contributed by atoms with Crippen molar-refractivity contribution in [2.24, 2.45) is 22.9 Å². The Hall–Kier alpha value is -0.950. The van der Waals surface area contributed by atoms with Crippen LogP contribution in [0.4, 0.5) is 0 Å². The van der Waals surface area contributed by atoms with Crippen LogP contribution in [0.2, 0.25) is 0 Å². The molecule has 4 saturated carbocycles. The van der Waals surface area contributed by atoms with E-state index in [1.54, 1.807) is 0 Å². The first-order valence-electron chi connectivity index (χ1n) is 6.90. The van der Waals surface area contributed by atoms with Crippen LogP contribution in [-0.2, 0) is 15.4 Å². The van der Waals surface area contributed by atoms with Crippen molar-refractivity contribution in [3.8, 4) is 0 Å². The second-order valence-electron chi connectivity index (χ2n) is 6.71. The van der Waals surface area contributed by atoms with Crippen molar-refractivity contribution in [1.29, 1.82) is 0 Å². The molecule has 0 spiro atoms. The Morgan fingerprint density at radius 2 is 1.63 bits per heavy atom. The summed E-state index contributed by atoms with van der Waals surface area (Å²) in [5.74, 6) is 3.11. The fourth-order valence-electron chi connectivity index (χ4n) is 5.01. The summed E-state index contributed by atoms with van der Waals surface area (Å²) in [6.45, 7) is 0. The lowest BCUT2D eigenvalue weighted by molar-refractivity contribution is -0.00931. The van der Waals surface area contributed by atoms with Crippen molar-refractivity contribution >= 4 is 10.0 Å². The Labute approximate surface area is 112 Å². The monoisotopic (exact) mass is 282 g/mol. The quantitative estimate of drug-likeness (QED) is 0.842. The van der Waals surface area contributed by atoms with Crippen LogP contribution in [0.15, 0.2) is 5.16 Å². The number of nitrogens with one attached hydrogen (secondary N) is 1. The van der Waals surface area contributed by atoms with E-state index in [0.717, 1.165) is 42.8 Å². The number of sulfonamides is 1. The van der Waals surface area contributed by atoms with E-state index in [2.05, 4.69) is 15.2 Å². The molecule has 1 aromatic heterocycles. The molecule has 0 amide bonds. The van der Waals surface area contributed by atoms with E-state index in [9.17, 15) is 8.42 Å². The van der Waals surface area contributed by atoms with Crippen LogP contribution in [0.3, 0.4) is 0 Å². The average molecular weight is 282 g/mol. The smallest absolute Gasteiger partial charge is 0.261 e. The van der Waals surface area contributed by atoms with Gasteiger partial charge in [0.15, 0.2) is 0 Å². The predicted molar refractivity (Wildman–Crippen MR) is 67.6 cm³/mol. The van der Waals surface area contributed by atoms with E-state index in [1.165, 1.54) is 19.3 Å². The Morgan fingerprint density at radius 3 is 2.05 bits per heavy atom. The molecule has 1 heterocycles. The van der Waals surface area contributed by atoms with E-state index in [4.69, 9.17) is 5.14 Å². The van der Waals surface area contributed by atoms with E-state index in [1.807, 2.05) is 0 Å². The van der Waals surface area contributed by atoms with Gasteiger partial charge in [-0.15, -0.1) is 5.10 Å². The summed E-state index contributed by atoms with van der Waals surface area (Å²) >= 11 is 0. The number of rotatable bonds is 2. The summed E-state index contributed by atoms with van der Waals surface area (Å²) in [5, 5.41) is 11.5. The summed E-state index contributed by atoms with van der Waals surface area (Å²) in [4.78, 5) is 4.19. The molecule has 3 N–H and O–H groups in total. The van der Waals surface area contributed by atoms with Crippen LogP contribution >= 0.6 is 0 Å². The van der Waals surface area contributed by atoms with Crippen molar-refractivity contribution in [2.75, 3.05) is 0 Å². The van der Waals surface area contributed by atoms with Gasteiger partial charge in [0.1, 0.15) is 5.82 Å². The summed E-state index contributed by atoms with van der Waals surface area (Å²) in [5.41, 5.74) is 0.0324. The molecule has 0 saturated heterocycles. The molecule has 5 rings (SSSR count). The summed E-state index contributed by atoms with van der Waals surface area (Å²) in [7, 11) is -3.81. The molecule has 6 nitrogen and oxygen atoms in total. The predicted octanol–water partition coefficient (Wildman–Crippen LogP) is 0.920. The first-order valence-corrected chi connectivity index (χ1v) is 8.45. The molecular formula is C12H18N4O2S. The van der Waals surface area contributed by atoms with Gasteiger partial charge in [-0.05, 0) is 56.3 Å². The number of nitrogens with zero attached hydrogens (tertiary/aromatic N) is 2. The third-order valence-electron chi connectivity index (χ3n) is 5.26. The third-order valence-corrected chi connectivity index (χ3v) is 5.95. The molecule has 0 atom stereocenters. The van der Waals surface area contributed by atoms with Gasteiger partial charge in [0.2, 0.25) is 0 Å². The fourth-order valence-corrected chi connectivity index (χ4v) is 5.40. The van der Waals surface area contributed by atoms with Gasteiger partial charge in [0.05, 0.1) is 0 Å². The normalized spacial score (nSPS) is 40.8. The van der Waals surface area contributed by atoms with Crippen LogP contribution in [0.1, 0.15) is 44.3 Å². The number of aromatic nitrogens is 3. The highest BCUT2D eigenvalue weighted by Crippen LogP contribution is 2.60. The molecule has 0 unspecified atom stereocenters. The standard InChI is InChI=1S/C12H18N4O2S/c13-19(17,18)11-14-10(15-16-11)12-4-7-1-8(5-12)3-9(2-7)6-12/h7-9H,1-6H2,(H2,13,17,18)(H,14,15,16). The van der Waals surface area contributed by atoms with Gasteiger partial charge >= 0.3 is 0 Å². The molecule has 4 aliphatic carbocycles. The highest BCUT2D eigenvalue weighted by molar-refractivity contribution is 7.89. The number of hydrogen-bond donors (Lipinski definition) is 2. The van der Waals surface area contributed by atoms with Crippen LogP contribution in [0.25, 0.3) is 0 Å². The molecular weight excluding hydrogens is 264 g/mol. The first-order chi connectivity index (χ1) is 8.95. The number of nitrogens with two attached hydrogens (primary N) is 1. The minimum absolute atomic E-state index is 0.0324. The van der Waals surface area contributed by atoms with Gasteiger partial charge in [-0.2, -0.15) is 0 Å². The van der Waals surface area contributed by atoms with Crippen molar-refractivity contribution in [3.63, 3.8) is 0 Å². The Balaban J connectivity index is 1.74. The Bertz CT molecular complexity index is 586. The zero-order valence-electron chi connectivity index (χ0n) is 10.7. The van der Waals surface area contributed by atoms with Crippen LogP contribution < -0.4 is 5.14 Å². The highest BCUT2D eigenvalue weighted by Gasteiger charge is 2.53. The zero-order valence-corrected chi connectivity index (χ0v) is 11.5. The molecule has 7 heteroatoms. The second-order valence-corrected chi connectivity index (χ2v) is 8.16. The van der Waals surface area contributed by atoms with Crippen molar-refractivity contribution in [1.82, 2.24) is 15.2 Å². The number of H-pyrrole nitrogens is 1. The maximum absolute atomic E-state index is 11.3. The summed E-state index contributed by atoms with van der Waals surface area (Å²) in [6, 6.07) is 0. The van der Waals surface area contributed by atoms with Gasteiger partial charge in [0, 0.05) is 5.41 Å². The molecule has 4 fully saturated rings. The SMILES string of the molecule is NS(=O)(=O)c1n[nH]c(C23CC4CC(CC(C4)C2)C3)n1. The lowest BCUT2D eigenvalue weighted by Gasteiger charge is -2.55. The minimum atomic E-state index is -3.81. The molecule has 0 aliphatic heterocycles. The maximum Gasteiger partial charge on any atom is 0.282 e. The van der Waals surface area contributed by atoms with Gasteiger partial charge < -0.3 is 0 Å². The molecule has 0 radical (unpaired) electrons. The first kappa shape index (κ1) is 11.8. The number of hydrogen-bond acceptors (Lipinski definition) is 4. The Kier molecular flexibility index (Phi) is 2.23. The second kappa shape index (κ2) is 3.58. The molecule has 4 bridgehead atoms. The van der Waals surface area contributed by atoms with Crippen molar-refractivity contribution < 1.29 is 8.42 Å². The molecule has 104 valence electrons. The van der Waals surface area contributed by atoms with Gasteiger partial charge in [-0.25, -0.2) is 18.5 Å². The lowest BCUT2D eigenvalue weighted by Crippen LogP contribution is -2.49. The molecule has 19 heavy (non-hydrogen) atoms. The van der Waals surface area contributed by atoms with E-state index in [0.29, 0.717) is 0 Å². The topological polar surface area (TPSA) is 102 Å². The molecule has 0 aromatic carbocycles. The van der Waals surface area contributed by atoms with Gasteiger partial charge in [-0.1, -0.05) is 0 Å². The van der Waals surface area contributed by atoms with Crippen LogP contribution in [0.5, 0.6) is 0 Å². The molecule has 1 aromatic rings. The summed E-state index contributed by atoms with van der Waals surface area (Å²) in [6.07, 6.45) is 7.40. The third kappa shape index (κ3) is 1.74. The van der Waals surface area contributed by atoms with E-state index < -0.39 is 10.0 Å². The van der Waals surface area contributed by atoms with Crippen LogP contribution in [-0.4, -0.2) is 23.6 Å². The number of primary sulfonamides is 1. The van der Waals surface area contributed by atoms with Crippen molar-refractivity contribution in [3.05, 3.63) is 5.82 Å².